The minimum atomic E-state index is -3.88. The molecular weight excluding hydrogens is 332 g/mol. The normalized spacial score (nSPS) is 17.7. The Morgan fingerprint density at radius 1 is 0.875 bits per heavy atom. The van der Waals surface area contributed by atoms with Crippen molar-refractivity contribution in [3.8, 4) is 0 Å². The van der Waals surface area contributed by atoms with Gasteiger partial charge >= 0.3 is 0 Å². The molecule has 7 nitrogen and oxygen atoms in total. The molecule has 0 radical (unpaired) electrons. The minimum Gasteiger partial charge on any atom is -0.270 e. The molecule has 0 fully saturated rings. The van der Waals surface area contributed by atoms with E-state index in [-0.39, 0.29) is 17.0 Å². The molecule has 2 aromatic rings. The van der Waals surface area contributed by atoms with Gasteiger partial charge in [-0.1, -0.05) is 18.2 Å². The standard InChI is InChI=1S/C16H10N2O5S/c19-14-12-6-5-9(7-13(12)24(22,23)17-14)8-18-15(20)10-3-1-2-4-11(10)16(18)21/h1-7H,8H2,(H,17,19). The number of hydrogen-bond acceptors (Lipinski definition) is 5. The number of carbonyl (C=O) groups is 3. The second kappa shape index (κ2) is 4.75. The Labute approximate surface area is 136 Å². The Kier molecular flexibility index (Phi) is 2.88. The number of hydrogen-bond donors (Lipinski definition) is 1. The molecule has 3 amide bonds. The number of imide groups is 1. The number of fused-ring (bicyclic) bond motifs is 2. The highest BCUT2D eigenvalue weighted by molar-refractivity contribution is 7.90. The zero-order valence-corrected chi connectivity index (χ0v) is 13.0. The number of rotatable bonds is 2. The van der Waals surface area contributed by atoms with Gasteiger partial charge in [0.05, 0.1) is 23.2 Å². The predicted molar refractivity (Wildman–Crippen MR) is 81.7 cm³/mol. The van der Waals surface area contributed by atoms with Crippen LogP contribution in [0.15, 0.2) is 47.4 Å². The van der Waals surface area contributed by atoms with Gasteiger partial charge in [-0.05, 0) is 29.8 Å². The van der Waals surface area contributed by atoms with Crippen LogP contribution in [-0.2, 0) is 16.6 Å². The predicted octanol–water partition coefficient (Wildman–Crippen LogP) is 0.915. The Bertz CT molecular complexity index is 1010. The number of sulfonamides is 1. The van der Waals surface area contributed by atoms with Crippen LogP contribution in [-0.4, -0.2) is 31.0 Å². The average Bonchev–Trinajstić information content (AvgIpc) is 2.93. The maximum atomic E-state index is 12.3. The molecule has 2 aliphatic heterocycles. The Hall–Kier alpha value is -3.00. The van der Waals surface area contributed by atoms with Gasteiger partial charge in [0.2, 0.25) is 0 Å². The monoisotopic (exact) mass is 342 g/mol. The van der Waals surface area contributed by atoms with Crippen molar-refractivity contribution in [2.24, 2.45) is 0 Å². The van der Waals surface area contributed by atoms with Crippen LogP contribution in [0, 0.1) is 0 Å². The molecule has 0 unspecified atom stereocenters. The first kappa shape index (κ1) is 14.6. The lowest BCUT2D eigenvalue weighted by molar-refractivity contribution is 0.0641. The summed E-state index contributed by atoms with van der Waals surface area (Å²) in [6.45, 7) is -0.0661. The second-order valence-electron chi connectivity index (χ2n) is 5.51. The fourth-order valence-electron chi connectivity index (χ4n) is 2.87. The lowest BCUT2D eigenvalue weighted by Gasteiger charge is -2.14. The fraction of sp³-hybridized carbons (Fsp3) is 0.0625. The van der Waals surface area contributed by atoms with E-state index in [1.807, 2.05) is 4.72 Å². The minimum absolute atomic E-state index is 0.0566. The summed E-state index contributed by atoms with van der Waals surface area (Å²) in [4.78, 5) is 37.2. The summed E-state index contributed by atoms with van der Waals surface area (Å²) >= 11 is 0. The van der Waals surface area contributed by atoms with E-state index in [1.54, 1.807) is 24.3 Å². The molecule has 1 N–H and O–H groups in total. The SMILES string of the molecule is O=C1NS(=O)(=O)c2cc(CN3C(=O)c4ccccc4C3=O)ccc21. The molecule has 0 spiro atoms. The largest absolute Gasteiger partial charge is 0.270 e. The van der Waals surface area contributed by atoms with E-state index in [4.69, 9.17) is 0 Å². The molecule has 2 heterocycles. The molecular formula is C16H10N2O5S. The van der Waals surface area contributed by atoms with Crippen LogP contribution in [0.25, 0.3) is 0 Å². The van der Waals surface area contributed by atoms with Crippen LogP contribution in [0.4, 0.5) is 0 Å². The molecule has 0 atom stereocenters. The molecule has 0 aliphatic carbocycles. The fourth-order valence-corrected chi connectivity index (χ4v) is 4.09. The van der Waals surface area contributed by atoms with Gasteiger partial charge in [0.15, 0.2) is 0 Å². The number of nitrogens with one attached hydrogen (secondary N) is 1. The van der Waals surface area contributed by atoms with E-state index in [0.717, 1.165) is 4.90 Å². The molecule has 120 valence electrons. The van der Waals surface area contributed by atoms with Crippen LogP contribution < -0.4 is 4.72 Å². The number of carbonyl (C=O) groups excluding carboxylic acids is 3. The zero-order chi connectivity index (χ0) is 17.1. The van der Waals surface area contributed by atoms with Gasteiger partial charge in [0.1, 0.15) is 4.90 Å². The number of benzene rings is 2. The van der Waals surface area contributed by atoms with Gasteiger partial charge in [0.25, 0.3) is 27.7 Å². The topological polar surface area (TPSA) is 101 Å². The van der Waals surface area contributed by atoms with Gasteiger partial charge < -0.3 is 0 Å². The molecule has 4 rings (SSSR count). The molecule has 2 aromatic carbocycles. The summed E-state index contributed by atoms with van der Waals surface area (Å²) in [6, 6.07) is 10.7. The first-order valence-electron chi connectivity index (χ1n) is 7.04. The van der Waals surface area contributed by atoms with Crippen LogP contribution in [0.1, 0.15) is 36.6 Å². The van der Waals surface area contributed by atoms with Crippen molar-refractivity contribution in [1.29, 1.82) is 0 Å². The molecule has 2 aliphatic rings. The number of nitrogens with zero attached hydrogens (tertiary/aromatic N) is 1. The third-order valence-corrected chi connectivity index (χ3v) is 5.40. The van der Waals surface area contributed by atoms with E-state index in [1.165, 1.54) is 18.2 Å². The van der Waals surface area contributed by atoms with E-state index in [9.17, 15) is 22.8 Å². The lowest BCUT2D eigenvalue weighted by atomic mass is 10.1. The summed E-state index contributed by atoms with van der Waals surface area (Å²) < 4.78 is 25.7. The Balaban J connectivity index is 1.70. The van der Waals surface area contributed by atoms with Crippen molar-refractivity contribution in [3.63, 3.8) is 0 Å². The van der Waals surface area contributed by atoms with Crippen LogP contribution in [0.2, 0.25) is 0 Å². The molecule has 0 saturated heterocycles. The highest BCUT2D eigenvalue weighted by Crippen LogP contribution is 2.27. The van der Waals surface area contributed by atoms with E-state index in [0.29, 0.717) is 16.7 Å². The summed E-state index contributed by atoms with van der Waals surface area (Å²) in [6.07, 6.45) is 0. The highest BCUT2D eigenvalue weighted by atomic mass is 32.2. The Morgan fingerprint density at radius 3 is 2.12 bits per heavy atom. The summed E-state index contributed by atoms with van der Waals surface area (Å²) in [7, 11) is -3.88. The first-order valence-corrected chi connectivity index (χ1v) is 8.52. The van der Waals surface area contributed by atoms with Gasteiger partial charge in [-0.3, -0.25) is 19.3 Å². The van der Waals surface area contributed by atoms with Gasteiger partial charge in [0, 0.05) is 0 Å². The third-order valence-electron chi connectivity index (χ3n) is 4.03. The summed E-state index contributed by atoms with van der Waals surface area (Å²) in [5, 5.41) is 0. The molecule has 24 heavy (non-hydrogen) atoms. The van der Waals surface area contributed by atoms with E-state index >= 15 is 0 Å². The summed E-state index contributed by atoms with van der Waals surface area (Å²) in [5.41, 5.74) is 1.16. The maximum Gasteiger partial charge on any atom is 0.266 e. The van der Waals surface area contributed by atoms with Crippen molar-refractivity contribution in [2.75, 3.05) is 0 Å². The van der Waals surface area contributed by atoms with Crippen LogP contribution in [0.3, 0.4) is 0 Å². The van der Waals surface area contributed by atoms with Crippen molar-refractivity contribution >= 4 is 27.7 Å². The third kappa shape index (κ3) is 1.96. The van der Waals surface area contributed by atoms with Crippen molar-refractivity contribution in [1.82, 2.24) is 9.62 Å². The maximum absolute atomic E-state index is 12.3. The summed E-state index contributed by atoms with van der Waals surface area (Å²) in [5.74, 6) is -1.53. The van der Waals surface area contributed by atoms with Crippen LogP contribution in [0.5, 0.6) is 0 Å². The Morgan fingerprint density at radius 2 is 1.50 bits per heavy atom. The lowest BCUT2D eigenvalue weighted by Crippen LogP contribution is -2.29. The highest BCUT2D eigenvalue weighted by Gasteiger charge is 2.36. The second-order valence-corrected chi connectivity index (χ2v) is 7.16. The first-order chi connectivity index (χ1) is 11.4. The molecule has 0 aromatic heterocycles. The van der Waals surface area contributed by atoms with Crippen molar-refractivity contribution in [3.05, 3.63) is 64.7 Å². The van der Waals surface area contributed by atoms with E-state index < -0.39 is 27.7 Å². The van der Waals surface area contributed by atoms with Gasteiger partial charge in [-0.15, -0.1) is 0 Å². The molecule has 8 heteroatoms. The van der Waals surface area contributed by atoms with Crippen molar-refractivity contribution in [2.45, 2.75) is 11.4 Å². The van der Waals surface area contributed by atoms with Crippen LogP contribution >= 0.6 is 0 Å². The molecule has 0 bridgehead atoms. The van der Waals surface area contributed by atoms with Gasteiger partial charge in [-0.2, -0.15) is 0 Å². The quantitative estimate of drug-likeness (QED) is 0.818. The van der Waals surface area contributed by atoms with Gasteiger partial charge in [-0.25, -0.2) is 13.1 Å². The molecule has 0 saturated carbocycles. The number of amides is 3. The van der Waals surface area contributed by atoms with E-state index in [2.05, 4.69) is 0 Å². The smallest absolute Gasteiger partial charge is 0.266 e. The van der Waals surface area contributed by atoms with Crippen molar-refractivity contribution < 1.29 is 22.8 Å². The average molecular weight is 342 g/mol. The zero-order valence-electron chi connectivity index (χ0n) is 12.1.